The van der Waals surface area contributed by atoms with Crippen LogP contribution in [0, 0.1) is 10.1 Å². The van der Waals surface area contributed by atoms with E-state index in [0.29, 0.717) is 17.9 Å². The van der Waals surface area contributed by atoms with Crippen LogP contribution in [0.15, 0.2) is 36.7 Å². The maximum Gasteiger partial charge on any atom is 0.274 e. The summed E-state index contributed by atoms with van der Waals surface area (Å²) in [6, 6.07) is 6.65. The topological polar surface area (TPSA) is 61.0 Å². The summed E-state index contributed by atoms with van der Waals surface area (Å²) in [4.78, 5) is 14.5. The van der Waals surface area contributed by atoms with E-state index in [1.54, 1.807) is 35.2 Å². The Balaban J connectivity index is 2.33. The fourth-order valence-corrected chi connectivity index (χ4v) is 1.84. The maximum absolute atomic E-state index is 10.9. The van der Waals surface area contributed by atoms with Crippen LogP contribution in [0.1, 0.15) is 11.4 Å². The van der Waals surface area contributed by atoms with Gasteiger partial charge in [-0.1, -0.05) is 18.2 Å². The third-order valence-electron chi connectivity index (χ3n) is 2.45. The first-order chi connectivity index (χ1) is 8.22. The summed E-state index contributed by atoms with van der Waals surface area (Å²) >= 11 is 5.72. The molecule has 0 spiro atoms. The molecule has 17 heavy (non-hydrogen) atoms. The largest absolute Gasteiger partial charge is 0.329 e. The predicted molar refractivity (Wildman–Crippen MR) is 64.0 cm³/mol. The molecule has 0 aliphatic heterocycles. The summed E-state index contributed by atoms with van der Waals surface area (Å²) in [5, 5.41) is 10.9. The van der Waals surface area contributed by atoms with Gasteiger partial charge in [0.1, 0.15) is 5.82 Å². The van der Waals surface area contributed by atoms with Gasteiger partial charge in [0.05, 0.1) is 17.3 Å². The van der Waals surface area contributed by atoms with Gasteiger partial charge < -0.3 is 4.57 Å². The van der Waals surface area contributed by atoms with E-state index >= 15 is 0 Å². The zero-order valence-electron chi connectivity index (χ0n) is 8.91. The van der Waals surface area contributed by atoms with Crippen LogP contribution in [0.25, 0.3) is 0 Å². The van der Waals surface area contributed by atoms with Crippen molar-refractivity contribution in [1.82, 2.24) is 9.55 Å². The van der Waals surface area contributed by atoms with Crippen LogP contribution in [-0.4, -0.2) is 14.5 Å². The fraction of sp³-hybridized carbons (Fsp3) is 0.182. The van der Waals surface area contributed by atoms with Crippen molar-refractivity contribution < 1.29 is 4.92 Å². The van der Waals surface area contributed by atoms with Gasteiger partial charge in [0.2, 0.25) is 0 Å². The van der Waals surface area contributed by atoms with Crippen molar-refractivity contribution in [2.24, 2.45) is 0 Å². The minimum Gasteiger partial charge on any atom is -0.329 e. The number of nitro groups is 1. The first-order valence-corrected chi connectivity index (χ1v) is 5.54. The van der Waals surface area contributed by atoms with Crippen LogP contribution in [0.4, 0.5) is 5.69 Å². The number of nitro benzene ring substituents is 1. The molecule has 0 amide bonds. The summed E-state index contributed by atoms with van der Waals surface area (Å²) in [6.45, 7) is 0.402. The molecule has 0 atom stereocenters. The standard InChI is InChI=1S/C11H10ClN3O2/c12-7-11-13-5-6-14(11)8-9-3-1-2-4-10(9)15(16)17/h1-6H,7-8H2. The van der Waals surface area contributed by atoms with Gasteiger partial charge in [-0.2, -0.15) is 0 Å². The molecule has 6 heteroatoms. The van der Waals surface area contributed by atoms with Crippen molar-refractivity contribution in [3.8, 4) is 0 Å². The van der Waals surface area contributed by atoms with Gasteiger partial charge in [-0.05, 0) is 0 Å². The molecule has 5 nitrogen and oxygen atoms in total. The van der Waals surface area contributed by atoms with Gasteiger partial charge in [-0.25, -0.2) is 4.98 Å². The zero-order chi connectivity index (χ0) is 12.3. The van der Waals surface area contributed by atoms with E-state index in [9.17, 15) is 10.1 Å². The molecular formula is C11H10ClN3O2. The van der Waals surface area contributed by atoms with E-state index in [0.717, 1.165) is 0 Å². The maximum atomic E-state index is 10.9. The monoisotopic (exact) mass is 251 g/mol. The quantitative estimate of drug-likeness (QED) is 0.477. The highest BCUT2D eigenvalue weighted by atomic mass is 35.5. The summed E-state index contributed by atoms with van der Waals surface area (Å²) < 4.78 is 1.80. The Morgan fingerprint density at radius 3 is 2.88 bits per heavy atom. The van der Waals surface area contributed by atoms with Gasteiger partial charge >= 0.3 is 0 Å². The Morgan fingerprint density at radius 2 is 2.18 bits per heavy atom. The Kier molecular flexibility index (Phi) is 3.39. The number of hydrogen-bond acceptors (Lipinski definition) is 3. The molecule has 1 aromatic heterocycles. The molecule has 88 valence electrons. The number of rotatable bonds is 4. The molecule has 2 rings (SSSR count). The lowest BCUT2D eigenvalue weighted by atomic mass is 10.2. The highest BCUT2D eigenvalue weighted by Crippen LogP contribution is 2.19. The Hall–Kier alpha value is -1.88. The van der Waals surface area contributed by atoms with E-state index in [2.05, 4.69) is 4.98 Å². The molecule has 0 bridgehead atoms. The fourth-order valence-electron chi connectivity index (χ4n) is 1.62. The molecule has 0 fully saturated rings. The minimum absolute atomic E-state index is 0.113. The Bertz CT molecular complexity index is 539. The lowest BCUT2D eigenvalue weighted by molar-refractivity contribution is -0.385. The Morgan fingerprint density at radius 1 is 1.41 bits per heavy atom. The molecule has 0 radical (unpaired) electrons. The predicted octanol–water partition coefficient (Wildman–Crippen LogP) is 2.58. The average molecular weight is 252 g/mol. The summed E-state index contributed by atoms with van der Waals surface area (Å²) in [5.74, 6) is 0.984. The lowest BCUT2D eigenvalue weighted by Gasteiger charge is -2.06. The van der Waals surface area contributed by atoms with Crippen molar-refractivity contribution in [3.05, 3.63) is 58.2 Å². The summed E-state index contributed by atoms with van der Waals surface area (Å²) in [6.07, 6.45) is 3.39. The SMILES string of the molecule is O=[N+]([O-])c1ccccc1Cn1ccnc1CCl. The van der Waals surface area contributed by atoms with Crippen molar-refractivity contribution in [3.63, 3.8) is 0 Å². The zero-order valence-corrected chi connectivity index (χ0v) is 9.67. The number of alkyl halides is 1. The first kappa shape index (κ1) is 11.6. The highest BCUT2D eigenvalue weighted by Gasteiger charge is 2.13. The van der Waals surface area contributed by atoms with Crippen molar-refractivity contribution in [2.45, 2.75) is 12.4 Å². The number of para-hydroxylation sites is 1. The van der Waals surface area contributed by atoms with Crippen LogP contribution in [-0.2, 0) is 12.4 Å². The van der Waals surface area contributed by atoms with Gasteiger partial charge in [0.15, 0.2) is 0 Å². The second-order valence-electron chi connectivity index (χ2n) is 3.49. The molecule has 0 aliphatic carbocycles. The number of imidazole rings is 1. The molecule has 2 aromatic rings. The molecule has 0 saturated carbocycles. The van der Waals surface area contributed by atoms with E-state index in [1.807, 2.05) is 0 Å². The Labute approximate surface area is 103 Å². The van der Waals surface area contributed by atoms with Crippen molar-refractivity contribution in [1.29, 1.82) is 0 Å². The molecule has 0 aliphatic rings. The number of benzene rings is 1. The van der Waals surface area contributed by atoms with E-state index in [1.165, 1.54) is 6.07 Å². The van der Waals surface area contributed by atoms with E-state index < -0.39 is 0 Å². The van der Waals surface area contributed by atoms with Gasteiger partial charge in [-0.3, -0.25) is 10.1 Å². The lowest BCUT2D eigenvalue weighted by Crippen LogP contribution is -2.05. The van der Waals surface area contributed by atoms with Crippen LogP contribution in [0.3, 0.4) is 0 Å². The van der Waals surface area contributed by atoms with Crippen LogP contribution < -0.4 is 0 Å². The summed E-state index contributed by atoms with van der Waals surface area (Å²) in [5.41, 5.74) is 0.753. The smallest absolute Gasteiger partial charge is 0.274 e. The third kappa shape index (κ3) is 2.45. The first-order valence-electron chi connectivity index (χ1n) is 5.00. The molecule has 1 heterocycles. The molecule has 0 saturated heterocycles. The summed E-state index contributed by atoms with van der Waals surface area (Å²) in [7, 11) is 0. The average Bonchev–Trinajstić information content (AvgIpc) is 2.77. The highest BCUT2D eigenvalue weighted by molar-refractivity contribution is 6.16. The number of nitrogens with zero attached hydrogens (tertiary/aromatic N) is 3. The third-order valence-corrected chi connectivity index (χ3v) is 2.69. The number of halogens is 1. The van der Waals surface area contributed by atoms with Gasteiger partial charge in [0.25, 0.3) is 5.69 Å². The molecule has 0 unspecified atom stereocenters. The molecular weight excluding hydrogens is 242 g/mol. The molecule has 0 N–H and O–H groups in total. The van der Waals surface area contributed by atoms with Gasteiger partial charge in [-0.15, -0.1) is 11.6 Å². The number of hydrogen-bond donors (Lipinski definition) is 0. The van der Waals surface area contributed by atoms with Crippen LogP contribution in [0.5, 0.6) is 0 Å². The molecule has 1 aromatic carbocycles. The van der Waals surface area contributed by atoms with Gasteiger partial charge in [0, 0.05) is 24.0 Å². The second-order valence-corrected chi connectivity index (χ2v) is 3.76. The van der Waals surface area contributed by atoms with Crippen LogP contribution >= 0.6 is 11.6 Å². The van der Waals surface area contributed by atoms with E-state index in [-0.39, 0.29) is 16.5 Å². The number of aromatic nitrogens is 2. The van der Waals surface area contributed by atoms with Crippen molar-refractivity contribution in [2.75, 3.05) is 0 Å². The second kappa shape index (κ2) is 4.97. The van der Waals surface area contributed by atoms with E-state index in [4.69, 9.17) is 11.6 Å². The minimum atomic E-state index is -0.382. The van der Waals surface area contributed by atoms with Crippen LogP contribution in [0.2, 0.25) is 0 Å². The van der Waals surface area contributed by atoms with Crippen molar-refractivity contribution >= 4 is 17.3 Å². The normalized spacial score (nSPS) is 10.4.